The van der Waals surface area contributed by atoms with E-state index in [-0.39, 0.29) is 18.6 Å². The van der Waals surface area contributed by atoms with Gasteiger partial charge in [-0.15, -0.1) is 0 Å². The van der Waals surface area contributed by atoms with Crippen LogP contribution in [0.2, 0.25) is 0 Å². The quantitative estimate of drug-likeness (QED) is 0.267. The number of carbonyl (C=O) groups is 4. The lowest BCUT2D eigenvalue weighted by molar-refractivity contribution is -0.141. The molecule has 0 saturated carbocycles. The minimum atomic E-state index is -1.25. The molecule has 0 bridgehead atoms. The second kappa shape index (κ2) is 10.4. The number of hydrogen-bond donors (Lipinski definition) is 6. The summed E-state index contributed by atoms with van der Waals surface area (Å²) in [5, 5.41) is 13.8. The minimum Gasteiger partial charge on any atom is -0.480 e. The predicted molar refractivity (Wildman–Crippen MR) is 97.3 cm³/mol. The number of carbonyl (C=O) groups excluding carboxylic acids is 3. The van der Waals surface area contributed by atoms with Crippen molar-refractivity contribution in [1.82, 2.24) is 10.6 Å². The molecule has 3 amide bonds. The van der Waals surface area contributed by atoms with E-state index in [4.69, 9.17) is 16.6 Å². The van der Waals surface area contributed by atoms with Crippen molar-refractivity contribution in [3.8, 4) is 0 Å². The molecule has 7 N–H and O–H groups in total. The highest BCUT2D eigenvalue weighted by Crippen LogP contribution is 2.05. The van der Waals surface area contributed by atoms with Crippen LogP contribution in [0.25, 0.3) is 0 Å². The van der Waals surface area contributed by atoms with Crippen LogP contribution in [0.4, 0.5) is 0 Å². The predicted octanol–water partition coefficient (Wildman–Crippen LogP) is -1.58. The Morgan fingerprint density at radius 1 is 1.04 bits per heavy atom. The largest absolute Gasteiger partial charge is 0.480 e. The zero-order valence-corrected chi connectivity index (χ0v) is 14.8. The fourth-order valence-electron chi connectivity index (χ4n) is 2.11. The Hall–Kier alpha value is -2.59. The maximum Gasteiger partial charge on any atom is 0.327 e. The first-order valence-electron chi connectivity index (χ1n) is 7.76. The zero-order valence-electron chi connectivity index (χ0n) is 13.9. The van der Waals surface area contributed by atoms with Gasteiger partial charge in [0.1, 0.15) is 12.1 Å². The van der Waals surface area contributed by atoms with Gasteiger partial charge in [-0.1, -0.05) is 30.3 Å². The molecule has 0 aliphatic heterocycles. The Morgan fingerprint density at radius 2 is 1.62 bits per heavy atom. The first-order chi connectivity index (χ1) is 12.2. The van der Waals surface area contributed by atoms with E-state index in [9.17, 15) is 19.2 Å². The number of carboxylic acid groups (broad SMARTS) is 1. The van der Waals surface area contributed by atoms with Crippen LogP contribution in [0.3, 0.4) is 0 Å². The van der Waals surface area contributed by atoms with E-state index in [0.717, 1.165) is 5.56 Å². The van der Waals surface area contributed by atoms with Crippen molar-refractivity contribution >= 4 is 36.3 Å². The van der Waals surface area contributed by atoms with Crippen molar-refractivity contribution in [3.63, 3.8) is 0 Å². The maximum absolute atomic E-state index is 12.4. The summed E-state index contributed by atoms with van der Waals surface area (Å²) in [6.07, 6.45) is -0.263. The Labute approximate surface area is 155 Å². The SMILES string of the molecule is NC(=O)C[C@H](N)C(=O)N[C@@H](Cc1ccccc1)C(=O)N[C@@H](CS)C(=O)O. The van der Waals surface area contributed by atoms with Crippen LogP contribution in [0, 0.1) is 0 Å². The average molecular weight is 382 g/mol. The number of benzene rings is 1. The molecule has 0 radical (unpaired) electrons. The van der Waals surface area contributed by atoms with E-state index in [1.807, 2.05) is 0 Å². The number of hydrogen-bond acceptors (Lipinski definition) is 6. The highest BCUT2D eigenvalue weighted by molar-refractivity contribution is 7.80. The molecule has 0 aliphatic rings. The van der Waals surface area contributed by atoms with Crippen LogP contribution in [0.5, 0.6) is 0 Å². The van der Waals surface area contributed by atoms with E-state index in [0.29, 0.717) is 0 Å². The number of thiol groups is 1. The van der Waals surface area contributed by atoms with Crippen molar-refractivity contribution in [2.45, 2.75) is 31.0 Å². The number of nitrogens with two attached hydrogens (primary N) is 2. The van der Waals surface area contributed by atoms with E-state index < -0.39 is 41.8 Å². The third-order valence-electron chi connectivity index (χ3n) is 3.47. The highest BCUT2D eigenvalue weighted by atomic mass is 32.1. The first kappa shape index (κ1) is 21.5. The van der Waals surface area contributed by atoms with Gasteiger partial charge in [-0.3, -0.25) is 14.4 Å². The number of primary amides is 1. The summed E-state index contributed by atoms with van der Waals surface area (Å²) < 4.78 is 0. The third kappa shape index (κ3) is 7.11. The van der Waals surface area contributed by atoms with Crippen LogP contribution < -0.4 is 22.1 Å². The lowest BCUT2D eigenvalue weighted by Gasteiger charge is -2.22. The molecule has 0 aromatic heterocycles. The molecule has 3 atom stereocenters. The molecule has 0 fully saturated rings. The van der Waals surface area contributed by atoms with Gasteiger partial charge >= 0.3 is 5.97 Å². The lowest BCUT2D eigenvalue weighted by atomic mass is 10.0. The molecular formula is C16H22N4O5S. The molecular weight excluding hydrogens is 360 g/mol. The standard InChI is InChI=1S/C16H22N4O5S/c17-10(7-13(18)21)14(22)19-11(6-9-4-2-1-3-5-9)15(23)20-12(8-26)16(24)25/h1-5,10-12,26H,6-8,17H2,(H2,18,21)(H,19,22)(H,20,23)(H,24,25)/t10-,11-,12-/m0/s1. The molecule has 9 nitrogen and oxygen atoms in total. The first-order valence-corrected chi connectivity index (χ1v) is 8.40. The summed E-state index contributed by atoms with van der Waals surface area (Å²) in [6.45, 7) is 0. The number of carboxylic acids is 1. The average Bonchev–Trinajstić information content (AvgIpc) is 2.58. The highest BCUT2D eigenvalue weighted by Gasteiger charge is 2.28. The number of amides is 3. The summed E-state index contributed by atoms with van der Waals surface area (Å²) in [5.41, 5.74) is 11.3. The summed E-state index contributed by atoms with van der Waals surface area (Å²) in [4.78, 5) is 46.5. The van der Waals surface area contributed by atoms with Gasteiger partial charge in [0.25, 0.3) is 0 Å². The molecule has 1 rings (SSSR count). The van der Waals surface area contributed by atoms with Crippen molar-refractivity contribution in [3.05, 3.63) is 35.9 Å². The summed E-state index contributed by atoms with van der Waals surface area (Å²) in [5.74, 6) is -3.55. The Kier molecular flexibility index (Phi) is 8.59. The van der Waals surface area contributed by atoms with E-state index >= 15 is 0 Å². The monoisotopic (exact) mass is 382 g/mol. The van der Waals surface area contributed by atoms with Gasteiger partial charge in [-0.05, 0) is 5.56 Å². The fraction of sp³-hybridized carbons (Fsp3) is 0.375. The van der Waals surface area contributed by atoms with E-state index in [2.05, 4.69) is 23.3 Å². The number of aliphatic carboxylic acids is 1. The number of nitrogens with one attached hydrogen (secondary N) is 2. The molecule has 0 aliphatic carbocycles. The third-order valence-corrected chi connectivity index (χ3v) is 3.84. The van der Waals surface area contributed by atoms with E-state index in [1.54, 1.807) is 30.3 Å². The summed E-state index contributed by atoms with van der Waals surface area (Å²) in [7, 11) is 0. The normalized spacial score (nSPS) is 13.9. The van der Waals surface area contributed by atoms with Gasteiger partial charge in [-0.25, -0.2) is 4.79 Å². The van der Waals surface area contributed by atoms with Crippen molar-refractivity contribution in [2.24, 2.45) is 11.5 Å². The topological polar surface area (TPSA) is 165 Å². The molecule has 26 heavy (non-hydrogen) atoms. The lowest BCUT2D eigenvalue weighted by Crippen LogP contribution is -2.56. The molecule has 1 aromatic rings. The minimum absolute atomic E-state index is 0.112. The number of rotatable bonds is 10. The molecule has 0 heterocycles. The fourth-order valence-corrected chi connectivity index (χ4v) is 2.35. The van der Waals surface area contributed by atoms with Crippen molar-refractivity contribution in [1.29, 1.82) is 0 Å². The summed E-state index contributed by atoms with van der Waals surface area (Å²) >= 11 is 3.88. The van der Waals surface area contributed by atoms with Crippen LogP contribution in [-0.2, 0) is 25.6 Å². The van der Waals surface area contributed by atoms with Gasteiger partial charge in [0.15, 0.2) is 0 Å². The second-order valence-corrected chi connectivity index (χ2v) is 5.97. The molecule has 0 spiro atoms. The Bertz CT molecular complexity index is 655. The van der Waals surface area contributed by atoms with Crippen LogP contribution in [-0.4, -0.2) is 52.7 Å². The van der Waals surface area contributed by atoms with Gasteiger partial charge in [0.2, 0.25) is 17.7 Å². The van der Waals surface area contributed by atoms with Crippen LogP contribution in [0.1, 0.15) is 12.0 Å². The van der Waals surface area contributed by atoms with Gasteiger partial charge in [-0.2, -0.15) is 12.6 Å². The molecule has 142 valence electrons. The second-order valence-electron chi connectivity index (χ2n) is 5.61. The van der Waals surface area contributed by atoms with Crippen molar-refractivity contribution in [2.75, 3.05) is 5.75 Å². The molecule has 1 aromatic carbocycles. The van der Waals surface area contributed by atoms with Gasteiger partial charge in [0.05, 0.1) is 12.5 Å². The Morgan fingerprint density at radius 3 is 2.12 bits per heavy atom. The summed E-state index contributed by atoms with van der Waals surface area (Å²) in [6, 6.07) is 5.33. The maximum atomic E-state index is 12.4. The molecule has 10 heteroatoms. The van der Waals surface area contributed by atoms with Crippen molar-refractivity contribution < 1.29 is 24.3 Å². The Balaban J connectivity index is 2.90. The van der Waals surface area contributed by atoms with Crippen LogP contribution >= 0.6 is 12.6 Å². The zero-order chi connectivity index (χ0) is 19.7. The van der Waals surface area contributed by atoms with Crippen LogP contribution in [0.15, 0.2) is 30.3 Å². The smallest absolute Gasteiger partial charge is 0.327 e. The van der Waals surface area contributed by atoms with Gasteiger partial charge in [0, 0.05) is 12.2 Å². The molecule has 0 unspecified atom stereocenters. The van der Waals surface area contributed by atoms with Gasteiger partial charge < -0.3 is 27.2 Å². The molecule has 0 saturated heterocycles. The van der Waals surface area contributed by atoms with E-state index in [1.165, 1.54) is 0 Å².